The lowest BCUT2D eigenvalue weighted by Crippen LogP contribution is -2.58. The summed E-state index contributed by atoms with van der Waals surface area (Å²) in [4.78, 5) is 28.2. The average Bonchev–Trinajstić information content (AvgIpc) is 2.69. The van der Waals surface area contributed by atoms with Crippen molar-refractivity contribution in [1.29, 1.82) is 0 Å². The smallest absolute Gasteiger partial charge is 0.245 e. The van der Waals surface area contributed by atoms with Crippen LogP contribution in [0.15, 0.2) is 54.6 Å². The Morgan fingerprint density at radius 3 is 2.37 bits per heavy atom. The van der Waals surface area contributed by atoms with Gasteiger partial charge in [0.2, 0.25) is 11.8 Å². The molecule has 0 spiro atoms. The topological polar surface area (TPSA) is 49.9 Å². The van der Waals surface area contributed by atoms with E-state index < -0.39 is 6.04 Å². The number of hydrogen-bond acceptors (Lipinski definition) is 3. The predicted molar refractivity (Wildman–Crippen MR) is 104 cm³/mol. The van der Waals surface area contributed by atoms with Gasteiger partial charge in [0.15, 0.2) is 0 Å². The SMILES string of the molecule is CCCN1CC(=O)N(Cc2ccc(OCc3ccccc3)cc2)[C@@H](C)C1=O. The van der Waals surface area contributed by atoms with Gasteiger partial charge in [0.25, 0.3) is 0 Å². The zero-order chi connectivity index (χ0) is 19.2. The highest BCUT2D eigenvalue weighted by molar-refractivity contribution is 5.94. The maximum atomic E-state index is 12.5. The van der Waals surface area contributed by atoms with Crippen LogP contribution in [0, 0.1) is 0 Å². The van der Waals surface area contributed by atoms with Gasteiger partial charge >= 0.3 is 0 Å². The minimum atomic E-state index is -0.424. The highest BCUT2D eigenvalue weighted by Crippen LogP contribution is 2.19. The van der Waals surface area contributed by atoms with Crippen molar-refractivity contribution in [2.75, 3.05) is 13.1 Å². The fraction of sp³-hybridized carbons (Fsp3) is 0.364. The molecule has 5 heteroatoms. The number of rotatable bonds is 7. The Balaban J connectivity index is 1.59. The van der Waals surface area contributed by atoms with E-state index in [1.807, 2.05) is 61.5 Å². The number of ether oxygens (including phenoxy) is 1. The molecular weight excluding hydrogens is 340 g/mol. The summed E-state index contributed by atoms with van der Waals surface area (Å²) in [7, 11) is 0. The fourth-order valence-electron chi connectivity index (χ4n) is 3.26. The van der Waals surface area contributed by atoms with E-state index in [9.17, 15) is 9.59 Å². The minimum absolute atomic E-state index is 0.0000425. The molecule has 142 valence electrons. The summed E-state index contributed by atoms with van der Waals surface area (Å²) in [6, 6.07) is 17.3. The third-order valence-corrected chi connectivity index (χ3v) is 4.80. The third kappa shape index (κ3) is 4.67. The molecule has 0 radical (unpaired) electrons. The molecule has 1 aliphatic heterocycles. The van der Waals surface area contributed by atoms with Crippen LogP contribution in [-0.4, -0.2) is 40.7 Å². The summed E-state index contributed by atoms with van der Waals surface area (Å²) in [6.45, 7) is 5.58. The molecule has 27 heavy (non-hydrogen) atoms. The van der Waals surface area contributed by atoms with Crippen LogP contribution < -0.4 is 4.74 Å². The van der Waals surface area contributed by atoms with Crippen LogP contribution >= 0.6 is 0 Å². The van der Waals surface area contributed by atoms with Gasteiger partial charge < -0.3 is 14.5 Å². The zero-order valence-electron chi connectivity index (χ0n) is 15.9. The van der Waals surface area contributed by atoms with Gasteiger partial charge in [-0.25, -0.2) is 0 Å². The van der Waals surface area contributed by atoms with Crippen LogP contribution in [0.5, 0.6) is 5.75 Å². The van der Waals surface area contributed by atoms with Gasteiger partial charge in [-0.15, -0.1) is 0 Å². The van der Waals surface area contributed by atoms with Crippen LogP contribution in [0.2, 0.25) is 0 Å². The van der Waals surface area contributed by atoms with Crippen molar-refractivity contribution < 1.29 is 14.3 Å². The number of carbonyl (C=O) groups excluding carboxylic acids is 2. The lowest BCUT2D eigenvalue weighted by atomic mass is 10.1. The van der Waals surface area contributed by atoms with Crippen LogP contribution in [0.1, 0.15) is 31.4 Å². The molecule has 1 heterocycles. The molecule has 0 saturated carbocycles. The second-order valence-corrected chi connectivity index (χ2v) is 6.88. The average molecular weight is 366 g/mol. The summed E-state index contributed by atoms with van der Waals surface area (Å²) in [6.07, 6.45) is 0.857. The minimum Gasteiger partial charge on any atom is -0.489 e. The molecule has 0 aromatic heterocycles. The molecular formula is C22H26N2O3. The first-order valence-corrected chi connectivity index (χ1v) is 9.42. The van der Waals surface area contributed by atoms with Gasteiger partial charge in [-0.1, -0.05) is 49.4 Å². The molecule has 0 unspecified atom stereocenters. The van der Waals surface area contributed by atoms with Gasteiger partial charge in [-0.2, -0.15) is 0 Å². The maximum absolute atomic E-state index is 12.5. The first-order valence-electron chi connectivity index (χ1n) is 9.42. The van der Waals surface area contributed by atoms with E-state index in [0.29, 0.717) is 19.7 Å². The summed E-state index contributed by atoms with van der Waals surface area (Å²) in [5.74, 6) is 0.810. The Hall–Kier alpha value is -2.82. The van der Waals surface area contributed by atoms with Crippen molar-refractivity contribution in [3.63, 3.8) is 0 Å². The molecule has 1 fully saturated rings. The lowest BCUT2D eigenvalue weighted by Gasteiger charge is -2.38. The van der Waals surface area contributed by atoms with Crippen LogP contribution in [0.3, 0.4) is 0 Å². The van der Waals surface area contributed by atoms with Gasteiger partial charge in [-0.3, -0.25) is 9.59 Å². The molecule has 0 bridgehead atoms. The highest BCUT2D eigenvalue weighted by atomic mass is 16.5. The largest absolute Gasteiger partial charge is 0.489 e. The van der Waals surface area contributed by atoms with E-state index in [1.54, 1.807) is 16.7 Å². The van der Waals surface area contributed by atoms with E-state index in [2.05, 4.69) is 0 Å². The van der Waals surface area contributed by atoms with E-state index in [4.69, 9.17) is 4.74 Å². The fourth-order valence-corrected chi connectivity index (χ4v) is 3.26. The number of piperazine rings is 1. The molecule has 5 nitrogen and oxygen atoms in total. The van der Waals surface area contributed by atoms with Gasteiger partial charge in [0.05, 0.1) is 6.54 Å². The molecule has 0 aliphatic carbocycles. The van der Waals surface area contributed by atoms with Crippen molar-refractivity contribution >= 4 is 11.8 Å². The quantitative estimate of drug-likeness (QED) is 0.756. The predicted octanol–water partition coefficient (Wildman–Crippen LogP) is 3.23. The normalized spacial score (nSPS) is 17.3. The molecule has 1 aliphatic rings. The first-order chi connectivity index (χ1) is 13.1. The summed E-state index contributed by atoms with van der Waals surface area (Å²) >= 11 is 0. The molecule has 1 saturated heterocycles. The number of amides is 2. The maximum Gasteiger partial charge on any atom is 0.245 e. The van der Waals surface area contributed by atoms with E-state index in [0.717, 1.165) is 23.3 Å². The summed E-state index contributed by atoms with van der Waals surface area (Å²) < 4.78 is 5.80. The number of benzene rings is 2. The van der Waals surface area contributed by atoms with Crippen molar-refractivity contribution in [3.05, 3.63) is 65.7 Å². The van der Waals surface area contributed by atoms with E-state index in [1.165, 1.54) is 0 Å². The van der Waals surface area contributed by atoms with Crippen molar-refractivity contribution in [3.8, 4) is 5.75 Å². The Labute approximate surface area is 160 Å². The second kappa shape index (κ2) is 8.71. The molecule has 3 rings (SSSR count). The highest BCUT2D eigenvalue weighted by Gasteiger charge is 2.35. The summed E-state index contributed by atoms with van der Waals surface area (Å²) in [5.41, 5.74) is 2.10. The number of carbonyl (C=O) groups is 2. The summed E-state index contributed by atoms with van der Waals surface area (Å²) in [5, 5.41) is 0. The second-order valence-electron chi connectivity index (χ2n) is 6.88. The zero-order valence-corrected chi connectivity index (χ0v) is 15.9. The number of hydrogen-bond donors (Lipinski definition) is 0. The van der Waals surface area contributed by atoms with Crippen molar-refractivity contribution in [1.82, 2.24) is 9.80 Å². The van der Waals surface area contributed by atoms with Crippen molar-refractivity contribution in [2.45, 2.75) is 39.5 Å². The van der Waals surface area contributed by atoms with Crippen LogP contribution in [-0.2, 0) is 22.7 Å². The Morgan fingerprint density at radius 2 is 1.70 bits per heavy atom. The van der Waals surface area contributed by atoms with Crippen LogP contribution in [0.4, 0.5) is 0 Å². The van der Waals surface area contributed by atoms with E-state index >= 15 is 0 Å². The molecule has 1 atom stereocenters. The third-order valence-electron chi connectivity index (χ3n) is 4.80. The first kappa shape index (κ1) is 19.0. The van der Waals surface area contributed by atoms with Crippen molar-refractivity contribution in [2.24, 2.45) is 0 Å². The molecule has 2 aromatic rings. The van der Waals surface area contributed by atoms with Gasteiger partial charge in [0.1, 0.15) is 18.4 Å². The Kier molecular flexibility index (Phi) is 6.12. The Morgan fingerprint density at radius 1 is 1.00 bits per heavy atom. The number of nitrogens with zero attached hydrogens (tertiary/aromatic N) is 2. The monoisotopic (exact) mass is 366 g/mol. The molecule has 2 aromatic carbocycles. The van der Waals surface area contributed by atoms with Crippen LogP contribution in [0.25, 0.3) is 0 Å². The molecule has 2 amide bonds. The lowest BCUT2D eigenvalue weighted by molar-refractivity contribution is -0.155. The Bertz CT molecular complexity index is 774. The standard InChI is InChI=1S/C22H26N2O3/c1-3-13-23-15-21(25)24(17(2)22(23)26)14-18-9-11-20(12-10-18)27-16-19-7-5-4-6-8-19/h4-12,17H,3,13-16H2,1-2H3/t17-/m0/s1. The van der Waals surface area contributed by atoms with E-state index in [-0.39, 0.29) is 18.4 Å². The molecule has 0 N–H and O–H groups in total. The van der Waals surface area contributed by atoms with Gasteiger partial charge in [-0.05, 0) is 36.6 Å². The van der Waals surface area contributed by atoms with Gasteiger partial charge in [0, 0.05) is 13.1 Å².